The van der Waals surface area contributed by atoms with Gasteiger partial charge in [-0.25, -0.2) is 4.79 Å². The molecule has 2 aliphatic rings. The highest BCUT2D eigenvalue weighted by Crippen LogP contribution is 2.28. The lowest BCUT2D eigenvalue weighted by Crippen LogP contribution is -2.54. The molecule has 27 heavy (non-hydrogen) atoms. The Kier molecular flexibility index (Phi) is 5.25. The average molecular weight is 372 g/mol. The summed E-state index contributed by atoms with van der Waals surface area (Å²) in [5.74, 6) is 0.921. The lowest BCUT2D eigenvalue weighted by Gasteiger charge is -2.28. The van der Waals surface area contributed by atoms with Gasteiger partial charge in [0.1, 0.15) is 30.0 Å². The third kappa shape index (κ3) is 3.42. The standard InChI is InChI=1S/C19H22N3O5/c1-5-27-15-6-7-20-17-16(15)18(23)22(19(24)21(17)2)11-12-8-13(25-3)10-14(9-12)26-4/h6-10,16H,5,11H2,1-4H3/q+1. The minimum Gasteiger partial charge on any atom is -0.497 e. The van der Waals surface area contributed by atoms with Gasteiger partial charge in [-0.15, -0.1) is 4.99 Å². The highest BCUT2D eigenvalue weighted by atomic mass is 16.5. The van der Waals surface area contributed by atoms with Crippen LogP contribution in [0.3, 0.4) is 0 Å². The maximum absolute atomic E-state index is 13.1. The molecule has 0 aromatic heterocycles. The van der Waals surface area contributed by atoms with E-state index in [1.54, 1.807) is 45.5 Å². The van der Waals surface area contributed by atoms with Gasteiger partial charge in [0.2, 0.25) is 0 Å². The summed E-state index contributed by atoms with van der Waals surface area (Å²) in [4.78, 5) is 31.3. The molecule has 0 aliphatic carbocycles. The molecule has 0 spiro atoms. The Morgan fingerprint density at radius 2 is 1.81 bits per heavy atom. The van der Waals surface area contributed by atoms with Gasteiger partial charge in [0.05, 0.1) is 27.9 Å². The van der Waals surface area contributed by atoms with Crippen molar-refractivity contribution in [3.63, 3.8) is 0 Å². The van der Waals surface area contributed by atoms with Gasteiger partial charge in [-0.2, -0.15) is 9.48 Å². The number of amidine groups is 1. The van der Waals surface area contributed by atoms with Crippen LogP contribution in [0.25, 0.3) is 0 Å². The number of ether oxygens (including phenoxy) is 3. The van der Waals surface area contributed by atoms with E-state index in [0.717, 1.165) is 0 Å². The number of methoxy groups -OCH3 is 2. The smallest absolute Gasteiger partial charge is 0.445 e. The Morgan fingerprint density at radius 3 is 2.41 bits per heavy atom. The van der Waals surface area contributed by atoms with Crippen molar-refractivity contribution < 1.29 is 28.4 Å². The molecule has 3 amide bonds. The molecule has 0 saturated heterocycles. The van der Waals surface area contributed by atoms with Crippen LogP contribution >= 0.6 is 0 Å². The normalized spacial score (nSPS) is 19.0. The number of urea groups is 1. The Hall–Kier alpha value is -3.16. The number of nitrogens with zero attached hydrogens (tertiary/aromatic N) is 3. The highest BCUT2D eigenvalue weighted by Gasteiger charge is 2.49. The van der Waals surface area contributed by atoms with E-state index in [9.17, 15) is 9.59 Å². The van der Waals surface area contributed by atoms with E-state index in [1.165, 1.54) is 15.7 Å². The van der Waals surface area contributed by atoms with Crippen LogP contribution in [0.1, 0.15) is 12.5 Å². The fourth-order valence-corrected chi connectivity index (χ4v) is 3.11. The summed E-state index contributed by atoms with van der Waals surface area (Å²) in [6.45, 7) is 2.35. The Bertz CT molecular complexity index is 850. The molecular weight excluding hydrogens is 350 g/mol. The highest BCUT2D eigenvalue weighted by molar-refractivity contribution is 6.15. The van der Waals surface area contributed by atoms with Gasteiger partial charge >= 0.3 is 11.9 Å². The van der Waals surface area contributed by atoms with Crippen LogP contribution in [-0.4, -0.2) is 61.3 Å². The van der Waals surface area contributed by atoms with E-state index in [2.05, 4.69) is 4.99 Å². The lowest BCUT2D eigenvalue weighted by molar-refractivity contribution is -0.409. The molecular formula is C19H22N3O5+. The maximum atomic E-state index is 13.1. The molecule has 0 fully saturated rings. The second-order valence-corrected chi connectivity index (χ2v) is 6.06. The Balaban J connectivity index is 1.97. The summed E-state index contributed by atoms with van der Waals surface area (Å²) in [6, 6.07) is 4.82. The van der Waals surface area contributed by atoms with Crippen LogP contribution in [0, 0.1) is 5.92 Å². The van der Waals surface area contributed by atoms with E-state index in [-0.39, 0.29) is 12.5 Å². The van der Waals surface area contributed by atoms with Crippen molar-refractivity contribution >= 4 is 24.0 Å². The molecule has 1 aromatic carbocycles. The lowest BCUT2D eigenvalue weighted by atomic mass is 9.99. The number of hydrogen-bond acceptors (Lipinski definition) is 6. The number of carbonyl (C=O) groups excluding carboxylic acids is 2. The molecule has 3 rings (SSSR count). The van der Waals surface area contributed by atoms with E-state index >= 15 is 0 Å². The topological polar surface area (TPSA) is 80.4 Å². The summed E-state index contributed by atoms with van der Waals surface area (Å²) in [7, 11) is 4.69. The number of hydrogen-bond donors (Lipinski definition) is 0. The number of benzene rings is 1. The molecule has 1 aromatic rings. The first-order valence-electron chi connectivity index (χ1n) is 8.55. The van der Waals surface area contributed by atoms with Gasteiger partial charge in [0.15, 0.2) is 5.92 Å². The van der Waals surface area contributed by atoms with Gasteiger partial charge in [0.25, 0.3) is 5.84 Å². The van der Waals surface area contributed by atoms with Crippen molar-refractivity contribution in [3.8, 4) is 11.5 Å². The van der Waals surface area contributed by atoms with Gasteiger partial charge < -0.3 is 14.2 Å². The number of rotatable bonds is 6. The monoisotopic (exact) mass is 372 g/mol. The molecule has 142 valence electrons. The van der Waals surface area contributed by atoms with Gasteiger partial charge in [0, 0.05) is 12.1 Å². The molecule has 0 bridgehead atoms. The Morgan fingerprint density at radius 1 is 1.15 bits per heavy atom. The molecule has 8 heteroatoms. The average Bonchev–Trinajstić information content (AvgIpc) is 2.69. The second kappa shape index (κ2) is 7.61. The Labute approximate surface area is 157 Å². The summed E-state index contributed by atoms with van der Waals surface area (Å²) >= 11 is 0. The largest absolute Gasteiger partial charge is 0.497 e. The summed E-state index contributed by atoms with van der Waals surface area (Å²) < 4.78 is 17.5. The summed E-state index contributed by atoms with van der Waals surface area (Å²) in [5.41, 5.74) is 0.714. The van der Waals surface area contributed by atoms with Crippen LogP contribution in [0.2, 0.25) is 0 Å². The van der Waals surface area contributed by atoms with Gasteiger partial charge in [-0.3, -0.25) is 4.79 Å². The van der Waals surface area contributed by atoms with E-state index < -0.39 is 11.9 Å². The second-order valence-electron chi connectivity index (χ2n) is 6.06. The van der Waals surface area contributed by atoms with E-state index in [4.69, 9.17) is 14.2 Å². The molecule has 8 nitrogen and oxygen atoms in total. The van der Waals surface area contributed by atoms with E-state index in [1.807, 2.05) is 6.92 Å². The number of aliphatic imine (C=N–C) groups is 1. The third-order valence-electron chi connectivity index (χ3n) is 4.43. The number of carbonyl (C=O) groups is 2. The SMILES string of the molecule is CCOC1=CC=NC2=[N+](C)C(=O)N(Cc3cc(OC)cc(OC)c3)C(=O)C12. The van der Waals surface area contributed by atoms with Crippen LogP contribution in [-0.2, 0) is 16.1 Å². The molecule has 1 atom stereocenters. The molecule has 2 aliphatic heterocycles. The quantitative estimate of drug-likeness (QED) is 0.712. The molecule has 0 radical (unpaired) electrons. The number of imide groups is 1. The molecule has 1 unspecified atom stereocenters. The van der Waals surface area contributed by atoms with Crippen molar-refractivity contribution in [3.05, 3.63) is 35.6 Å². The maximum Gasteiger partial charge on any atom is 0.445 e. The molecule has 2 heterocycles. The van der Waals surface area contributed by atoms with Crippen molar-refractivity contribution in [2.45, 2.75) is 13.5 Å². The minimum absolute atomic E-state index is 0.0858. The zero-order valence-corrected chi connectivity index (χ0v) is 15.8. The predicted octanol–water partition coefficient (Wildman–Crippen LogP) is 1.83. The first-order valence-corrected chi connectivity index (χ1v) is 8.55. The summed E-state index contributed by atoms with van der Waals surface area (Å²) in [5, 5.41) is 0. The first-order chi connectivity index (χ1) is 13.0. The zero-order chi connectivity index (χ0) is 19.6. The van der Waals surface area contributed by atoms with Crippen LogP contribution in [0.5, 0.6) is 11.5 Å². The van der Waals surface area contributed by atoms with E-state index in [0.29, 0.717) is 35.3 Å². The van der Waals surface area contributed by atoms with Crippen molar-refractivity contribution in [1.82, 2.24) is 4.90 Å². The van der Waals surface area contributed by atoms with Crippen LogP contribution in [0.15, 0.2) is 35.0 Å². The fourth-order valence-electron chi connectivity index (χ4n) is 3.11. The first kappa shape index (κ1) is 18.6. The molecule has 0 N–H and O–H groups in total. The summed E-state index contributed by atoms with van der Waals surface area (Å²) in [6.07, 6.45) is 3.20. The predicted molar refractivity (Wildman–Crippen MR) is 98.4 cm³/mol. The van der Waals surface area contributed by atoms with Crippen LogP contribution in [0.4, 0.5) is 4.79 Å². The fraction of sp³-hybridized carbons (Fsp3) is 0.368. The van der Waals surface area contributed by atoms with Crippen LogP contribution < -0.4 is 9.47 Å². The number of amides is 3. The number of dihydropyridines is 1. The number of allylic oxidation sites excluding steroid dienone is 1. The molecule has 0 saturated carbocycles. The van der Waals surface area contributed by atoms with Crippen molar-refractivity contribution in [1.29, 1.82) is 0 Å². The van der Waals surface area contributed by atoms with Crippen molar-refractivity contribution in [2.75, 3.05) is 27.9 Å². The zero-order valence-electron chi connectivity index (χ0n) is 15.8. The minimum atomic E-state index is -0.731. The van der Waals surface area contributed by atoms with Gasteiger partial charge in [-0.1, -0.05) is 0 Å². The van der Waals surface area contributed by atoms with Crippen molar-refractivity contribution in [2.24, 2.45) is 10.9 Å². The van der Waals surface area contributed by atoms with Gasteiger partial charge in [-0.05, 0) is 24.6 Å². The number of fused-ring (bicyclic) bond motifs is 1. The third-order valence-corrected chi connectivity index (χ3v) is 4.43.